The van der Waals surface area contributed by atoms with E-state index in [1.807, 2.05) is 51.1 Å². The molecule has 1 aliphatic heterocycles. The fourth-order valence-corrected chi connectivity index (χ4v) is 5.08. The summed E-state index contributed by atoms with van der Waals surface area (Å²) >= 11 is 0. The number of sulfonamides is 1. The molecule has 4 rings (SSSR count). The van der Waals surface area contributed by atoms with Crippen molar-refractivity contribution < 1.29 is 13.2 Å². The van der Waals surface area contributed by atoms with Crippen LogP contribution in [0, 0.1) is 20.8 Å². The number of rotatable bonds is 5. The van der Waals surface area contributed by atoms with E-state index in [4.69, 9.17) is 4.74 Å². The lowest BCUT2D eigenvalue weighted by atomic mass is 10.2. The van der Waals surface area contributed by atoms with E-state index >= 15 is 0 Å². The first kappa shape index (κ1) is 21.3. The molecule has 0 unspecified atom stereocenters. The molecule has 3 aromatic rings. The summed E-state index contributed by atoms with van der Waals surface area (Å²) in [5, 5.41) is 0. The number of anilines is 1. The number of hydrogen-bond donors (Lipinski definition) is 0. The van der Waals surface area contributed by atoms with Gasteiger partial charge in [0.1, 0.15) is 17.4 Å². The van der Waals surface area contributed by atoms with Gasteiger partial charge in [-0.15, -0.1) is 0 Å². The SMILES string of the molecule is Cc1ccc(Oc2cc(N3CCN(S(=O)(=O)c4cccc(C)c4)CC3)nc(C)n2)cc1. The fraction of sp³-hybridized carbons (Fsp3) is 0.304. The smallest absolute Gasteiger partial charge is 0.243 e. The largest absolute Gasteiger partial charge is 0.439 e. The molecule has 31 heavy (non-hydrogen) atoms. The van der Waals surface area contributed by atoms with Crippen LogP contribution in [0.3, 0.4) is 0 Å². The third-order valence-corrected chi connectivity index (χ3v) is 7.13. The van der Waals surface area contributed by atoms with Gasteiger partial charge in [0, 0.05) is 32.2 Å². The van der Waals surface area contributed by atoms with Gasteiger partial charge in [0.15, 0.2) is 0 Å². The Kier molecular flexibility index (Phi) is 5.93. The zero-order valence-electron chi connectivity index (χ0n) is 17.9. The standard InChI is InChI=1S/C23H26N4O3S/c1-17-7-9-20(10-8-17)30-23-16-22(24-19(3)25-23)26-11-13-27(14-12-26)31(28,29)21-6-4-5-18(2)15-21/h4-10,15-16H,11-14H2,1-3H3. The molecule has 1 aromatic heterocycles. The highest BCUT2D eigenvalue weighted by Crippen LogP contribution is 2.25. The highest BCUT2D eigenvalue weighted by Gasteiger charge is 2.29. The van der Waals surface area contributed by atoms with Crippen molar-refractivity contribution >= 4 is 15.8 Å². The molecule has 8 heteroatoms. The average molecular weight is 439 g/mol. The van der Waals surface area contributed by atoms with Crippen LogP contribution in [-0.2, 0) is 10.0 Å². The molecule has 1 saturated heterocycles. The van der Waals surface area contributed by atoms with Gasteiger partial charge >= 0.3 is 0 Å². The summed E-state index contributed by atoms with van der Waals surface area (Å²) in [5.74, 6) is 2.53. The summed E-state index contributed by atoms with van der Waals surface area (Å²) in [6, 6.07) is 16.6. The highest BCUT2D eigenvalue weighted by molar-refractivity contribution is 7.89. The molecule has 0 atom stereocenters. The molecule has 1 aliphatic rings. The van der Waals surface area contributed by atoms with Gasteiger partial charge in [-0.25, -0.2) is 13.4 Å². The first-order valence-electron chi connectivity index (χ1n) is 10.2. The Labute approximate surface area is 183 Å². The second kappa shape index (κ2) is 8.64. The Morgan fingerprint density at radius 3 is 2.23 bits per heavy atom. The molecule has 2 heterocycles. The van der Waals surface area contributed by atoms with Gasteiger partial charge in [-0.3, -0.25) is 0 Å². The zero-order chi connectivity index (χ0) is 22.0. The molecular formula is C23H26N4O3S. The first-order chi connectivity index (χ1) is 14.8. The highest BCUT2D eigenvalue weighted by atomic mass is 32.2. The summed E-state index contributed by atoms with van der Waals surface area (Å²) in [6.07, 6.45) is 0. The Hall–Kier alpha value is -2.97. The summed E-state index contributed by atoms with van der Waals surface area (Å²) in [7, 11) is -3.50. The lowest BCUT2D eigenvalue weighted by Crippen LogP contribution is -2.49. The first-order valence-corrected chi connectivity index (χ1v) is 11.7. The molecule has 0 bridgehead atoms. The average Bonchev–Trinajstić information content (AvgIpc) is 2.75. The van der Waals surface area contributed by atoms with Crippen molar-refractivity contribution in [3.05, 3.63) is 71.5 Å². The lowest BCUT2D eigenvalue weighted by Gasteiger charge is -2.34. The van der Waals surface area contributed by atoms with Crippen LogP contribution in [0.4, 0.5) is 5.82 Å². The van der Waals surface area contributed by atoms with Crippen molar-refractivity contribution in [3.63, 3.8) is 0 Å². The van der Waals surface area contributed by atoms with Crippen molar-refractivity contribution in [2.45, 2.75) is 25.7 Å². The van der Waals surface area contributed by atoms with E-state index in [-0.39, 0.29) is 0 Å². The van der Waals surface area contributed by atoms with Gasteiger partial charge in [-0.1, -0.05) is 29.8 Å². The van der Waals surface area contributed by atoms with E-state index in [1.165, 1.54) is 4.31 Å². The van der Waals surface area contributed by atoms with Crippen molar-refractivity contribution in [2.24, 2.45) is 0 Å². The van der Waals surface area contributed by atoms with Crippen molar-refractivity contribution in [1.29, 1.82) is 0 Å². The molecule has 162 valence electrons. The number of nitrogens with zero attached hydrogens (tertiary/aromatic N) is 4. The Morgan fingerprint density at radius 2 is 1.55 bits per heavy atom. The molecule has 0 radical (unpaired) electrons. The van der Waals surface area contributed by atoms with Crippen molar-refractivity contribution in [2.75, 3.05) is 31.1 Å². The minimum absolute atomic E-state index is 0.340. The maximum Gasteiger partial charge on any atom is 0.243 e. The second-order valence-corrected chi connectivity index (χ2v) is 9.67. The van der Waals surface area contributed by atoms with Crippen LogP contribution in [0.15, 0.2) is 59.5 Å². The fourth-order valence-electron chi connectivity index (χ4n) is 3.55. The minimum atomic E-state index is -3.50. The van der Waals surface area contributed by atoms with E-state index in [0.717, 1.165) is 16.9 Å². The summed E-state index contributed by atoms with van der Waals surface area (Å²) in [6.45, 7) is 7.63. The van der Waals surface area contributed by atoms with Crippen molar-refractivity contribution in [3.8, 4) is 11.6 Å². The van der Waals surface area contributed by atoms with Crippen LogP contribution < -0.4 is 9.64 Å². The number of aromatic nitrogens is 2. The Morgan fingerprint density at radius 1 is 0.839 bits per heavy atom. The van der Waals surface area contributed by atoms with E-state index in [1.54, 1.807) is 24.3 Å². The van der Waals surface area contributed by atoms with Gasteiger partial charge < -0.3 is 9.64 Å². The maximum absolute atomic E-state index is 13.0. The Balaban J connectivity index is 1.47. The van der Waals surface area contributed by atoms with E-state index in [0.29, 0.717) is 48.5 Å². The molecule has 0 N–H and O–H groups in total. The van der Waals surface area contributed by atoms with Gasteiger partial charge in [0.25, 0.3) is 0 Å². The van der Waals surface area contributed by atoms with Crippen LogP contribution >= 0.6 is 0 Å². The monoisotopic (exact) mass is 438 g/mol. The molecule has 0 amide bonds. The van der Waals surface area contributed by atoms with Crippen LogP contribution in [0.25, 0.3) is 0 Å². The van der Waals surface area contributed by atoms with E-state index < -0.39 is 10.0 Å². The summed E-state index contributed by atoms with van der Waals surface area (Å²) in [4.78, 5) is 11.3. The van der Waals surface area contributed by atoms with Gasteiger partial charge in [-0.05, 0) is 50.6 Å². The second-order valence-electron chi connectivity index (χ2n) is 7.73. The minimum Gasteiger partial charge on any atom is -0.439 e. The maximum atomic E-state index is 13.0. The normalized spacial score (nSPS) is 15.1. The third-order valence-electron chi connectivity index (χ3n) is 5.23. The number of aryl methyl sites for hydroxylation is 3. The molecule has 0 aliphatic carbocycles. The molecule has 1 fully saturated rings. The number of benzene rings is 2. The molecule has 0 saturated carbocycles. The van der Waals surface area contributed by atoms with Crippen LogP contribution in [0.1, 0.15) is 17.0 Å². The van der Waals surface area contributed by atoms with Crippen LogP contribution in [0.5, 0.6) is 11.6 Å². The van der Waals surface area contributed by atoms with Gasteiger partial charge in [0.05, 0.1) is 4.90 Å². The van der Waals surface area contributed by atoms with E-state index in [9.17, 15) is 8.42 Å². The zero-order valence-corrected chi connectivity index (χ0v) is 18.8. The predicted molar refractivity (Wildman–Crippen MR) is 120 cm³/mol. The van der Waals surface area contributed by atoms with Crippen LogP contribution in [0.2, 0.25) is 0 Å². The number of hydrogen-bond acceptors (Lipinski definition) is 6. The van der Waals surface area contributed by atoms with Crippen molar-refractivity contribution in [1.82, 2.24) is 14.3 Å². The number of ether oxygens (including phenoxy) is 1. The molecule has 7 nitrogen and oxygen atoms in total. The van der Waals surface area contributed by atoms with E-state index in [2.05, 4.69) is 14.9 Å². The Bertz CT molecular complexity index is 1170. The topological polar surface area (TPSA) is 75.6 Å². The third kappa shape index (κ3) is 4.86. The molecule has 2 aromatic carbocycles. The summed E-state index contributed by atoms with van der Waals surface area (Å²) < 4.78 is 33.4. The molecule has 0 spiro atoms. The quantitative estimate of drug-likeness (QED) is 0.605. The summed E-state index contributed by atoms with van der Waals surface area (Å²) in [5.41, 5.74) is 2.09. The predicted octanol–water partition coefficient (Wildman–Crippen LogP) is 3.71. The lowest BCUT2D eigenvalue weighted by molar-refractivity contribution is 0.383. The van der Waals surface area contributed by atoms with Crippen LogP contribution in [-0.4, -0.2) is 48.9 Å². The van der Waals surface area contributed by atoms with Gasteiger partial charge in [-0.2, -0.15) is 9.29 Å². The number of piperazine rings is 1. The van der Waals surface area contributed by atoms with Gasteiger partial charge in [0.2, 0.25) is 15.9 Å². The molecular weight excluding hydrogens is 412 g/mol.